The van der Waals surface area contributed by atoms with Crippen molar-refractivity contribution in [2.45, 2.75) is 13.3 Å². The van der Waals surface area contributed by atoms with E-state index in [0.29, 0.717) is 12.4 Å². The highest BCUT2D eigenvalue weighted by Gasteiger charge is 2.37. The Kier molecular flexibility index (Phi) is 5.19. The van der Waals surface area contributed by atoms with Gasteiger partial charge < -0.3 is 14.2 Å². The summed E-state index contributed by atoms with van der Waals surface area (Å²) in [6.07, 6.45) is 2.21. The maximum Gasteiger partial charge on any atom is 0.335 e. The fraction of sp³-hybridized carbons (Fsp3) is 0.286. The average molecular weight is 338 g/mol. The number of esters is 1. The van der Waals surface area contributed by atoms with Gasteiger partial charge in [0.25, 0.3) is 0 Å². The van der Waals surface area contributed by atoms with Crippen LogP contribution in [-0.2, 0) is 9.53 Å². The van der Waals surface area contributed by atoms with E-state index in [0.717, 1.165) is 42.6 Å². The lowest BCUT2D eigenvalue weighted by Crippen LogP contribution is -2.46. The fourth-order valence-electron chi connectivity index (χ4n) is 2.63. The standard InChI is InChI=1S/C21H22O4/c1-3-20(22)25-19-11-7-17(8-12-19)16-5-9-18(10-6-16)24-15-21(4-2)13-23-14-21/h3,5-12H,1,4,13-15H2,2H3. The van der Waals surface area contributed by atoms with Crippen molar-refractivity contribution in [3.05, 3.63) is 61.2 Å². The number of benzene rings is 2. The van der Waals surface area contributed by atoms with Crippen LogP contribution in [0.2, 0.25) is 0 Å². The third kappa shape index (κ3) is 4.09. The van der Waals surface area contributed by atoms with Gasteiger partial charge in [0.2, 0.25) is 0 Å². The van der Waals surface area contributed by atoms with Crippen molar-refractivity contribution in [1.29, 1.82) is 0 Å². The number of carbonyl (C=O) groups is 1. The molecule has 0 radical (unpaired) electrons. The van der Waals surface area contributed by atoms with Gasteiger partial charge in [-0.2, -0.15) is 0 Å². The largest absolute Gasteiger partial charge is 0.493 e. The van der Waals surface area contributed by atoms with Crippen LogP contribution in [0.25, 0.3) is 11.1 Å². The minimum atomic E-state index is -0.462. The Morgan fingerprint density at radius 1 is 1.08 bits per heavy atom. The lowest BCUT2D eigenvalue weighted by Gasteiger charge is -2.40. The van der Waals surface area contributed by atoms with Crippen LogP contribution in [0, 0.1) is 5.41 Å². The zero-order valence-electron chi connectivity index (χ0n) is 14.4. The SMILES string of the molecule is C=CC(=O)Oc1ccc(-c2ccc(OCC3(CC)COC3)cc2)cc1. The molecule has 1 aliphatic heterocycles. The minimum Gasteiger partial charge on any atom is -0.493 e. The predicted octanol–water partition coefficient (Wildman–Crippen LogP) is 4.25. The topological polar surface area (TPSA) is 44.8 Å². The summed E-state index contributed by atoms with van der Waals surface area (Å²) in [4.78, 5) is 11.2. The highest BCUT2D eigenvalue weighted by molar-refractivity contribution is 5.83. The molecule has 25 heavy (non-hydrogen) atoms. The third-order valence-corrected chi connectivity index (χ3v) is 4.54. The molecule has 1 aliphatic rings. The molecule has 0 amide bonds. The molecule has 0 aromatic heterocycles. The first-order valence-electron chi connectivity index (χ1n) is 8.39. The van der Waals surface area contributed by atoms with Gasteiger partial charge in [-0.3, -0.25) is 0 Å². The van der Waals surface area contributed by atoms with Gasteiger partial charge in [-0.15, -0.1) is 0 Å². The van der Waals surface area contributed by atoms with Crippen LogP contribution in [0.5, 0.6) is 11.5 Å². The quantitative estimate of drug-likeness (QED) is 0.430. The summed E-state index contributed by atoms with van der Waals surface area (Å²) < 4.78 is 16.3. The van der Waals surface area contributed by atoms with Crippen molar-refractivity contribution >= 4 is 5.97 Å². The van der Waals surface area contributed by atoms with Crippen molar-refractivity contribution in [2.75, 3.05) is 19.8 Å². The number of rotatable bonds is 7. The highest BCUT2D eigenvalue weighted by atomic mass is 16.5. The normalized spacial score (nSPS) is 15.1. The summed E-state index contributed by atoms with van der Waals surface area (Å²) in [6, 6.07) is 15.4. The second-order valence-electron chi connectivity index (χ2n) is 6.31. The van der Waals surface area contributed by atoms with Crippen LogP contribution in [-0.4, -0.2) is 25.8 Å². The molecule has 0 bridgehead atoms. The smallest absolute Gasteiger partial charge is 0.335 e. The van der Waals surface area contributed by atoms with E-state index in [1.54, 1.807) is 12.1 Å². The molecular weight excluding hydrogens is 316 g/mol. The predicted molar refractivity (Wildman–Crippen MR) is 96.7 cm³/mol. The first kappa shape index (κ1) is 17.2. The summed E-state index contributed by atoms with van der Waals surface area (Å²) in [6.45, 7) is 7.80. The molecule has 0 saturated carbocycles. The molecule has 3 rings (SSSR count). The van der Waals surface area contributed by atoms with Gasteiger partial charge >= 0.3 is 5.97 Å². The maximum atomic E-state index is 11.2. The Labute approximate surface area is 148 Å². The van der Waals surface area contributed by atoms with Crippen LogP contribution in [0.4, 0.5) is 0 Å². The molecule has 4 nitrogen and oxygen atoms in total. The van der Waals surface area contributed by atoms with E-state index < -0.39 is 5.97 Å². The van der Waals surface area contributed by atoms with E-state index in [1.165, 1.54) is 0 Å². The first-order valence-corrected chi connectivity index (χ1v) is 8.39. The lowest BCUT2D eigenvalue weighted by molar-refractivity contribution is -0.133. The van der Waals surface area contributed by atoms with E-state index in [9.17, 15) is 4.79 Å². The summed E-state index contributed by atoms with van der Waals surface area (Å²) in [5, 5.41) is 0. The van der Waals surface area contributed by atoms with Gasteiger partial charge in [0.15, 0.2) is 0 Å². The van der Waals surface area contributed by atoms with Crippen molar-refractivity contribution < 1.29 is 19.0 Å². The van der Waals surface area contributed by atoms with E-state index in [1.807, 2.05) is 36.4 Å². The molecule has 0 atom stereocenters. The Morgan fingerprint density at radius 2 is 1.64 bits per heavy atom. The summed E-state index contributed by atoms with van der Waals surface area (Å²) in [7, 11) is 0. The Balaban J connectivity index is 1.61. The van der Waals surface area contributed by atoms with Crippen LogP contribution < -0.4 is 9.47 Å². The zero-order chi connectivity index (χ0) is 17.7. The van der Waals surface area contributed by atoms with Gasteiger partial charge in [-0.25, -0.2) is 4.79 Å². The fourth-order valence-corrected chi connectivity index (χ4v) is 2.63. The summed E-state index contributed by atoms with van der Waals surface area (Å²) in [5.74, 6) is 0.900. The van der Waals surface area contributed by atoms with Crippen LogP contribution in [0.15, 0.2) is 61.2 Å². The van der Waals surface area contributed by atoms with E-state index >= 15 is 0 Å². The molecule has 2 aromatic rings. The molecule has 0 N–H and O–H groups in total. The summed E-state index contributed by atoms with van der Waals surface area (Å²) >= 11 is 0. The Hall–Kier alpha value is -2.59. The van der Waals surface area contributed by atoms with Gasteiger partial charge in [-0.05, 0) is 41.8 Å². The summed E-state index contributed by atoms with van der Waals surface area (Å²) in [5.41, 5.74) is 2.30. The number of hydrogen-bond acceptors (Lipinski definition) is 4. The minimum absolute atomic E-state index is 0.178. The van der Waals surface area contributed by atoms with Gasteiger partial charge in [0.1, 0.15) is 11.5 Å². The number of hydrogen-bond donors (Lipinski definition) is 0. The second-order valence-corrected chi connectivity index (χ2v) is 6.31. The van der Waals surface area contributed by atoms with Gasteiger partial charge in [-0.1, -0.05) is 37.8 Å². The molecule has 0 unspecified atom stereocenters. The van der Waals surface area contributed by atoms with Crippen molar-refractivity contribution in [1.82, 2.24) is 0 Å². The molecule has 4 heteroatoms. The van der Waals surface area contributed by atoms with Crippen LogP contribution >= 0.6 is 0 Å². The second kappa shape index (κ2) is 7.53. The maximum absolute atomic E-state index is 11.2. The van der Waals surface area contributed by atoms with Crippen molar-refractivity contribution in [2.24, 2.45) is 5.41 Å². The van der Waals surface area contributed by atoms with E-state index in [-0.39, 0.29) is 5.41 Å². The van der Waals surface area contributed by atoms with Crippen LogP contribution in [0.1, 0.15) is 13.3 Å². The molecule has 130 valence electrons. The number of carbonyl (C=O) groups excluding carboxylic acids is 1. The molecule has 0 aliphatic carbocycles. The third-order valence-electron chi connectivity index (χ3n) is 4.54. The van der Waals surface area contributed by atoms with E-state index in [4.69, 9.17) is 14.2 Å². The number of ether oxygens (including phenoxy) is 3. The lowest BCUT2D eigenvalue weighted by atomic mass is 9.84. The van der Waals surface area contributed by atoms with Crippen LogP contribution in [0.3, 0.4) is 0 Å². The monoisotopic (exact) mass is 338 g/mol. The molecule has 1 saturated heterocycles. The molecule has 1 heterocycles. The zero-order valence-corrected chi connectivity index (χ0v) is 14.4. The molecular formula is C21H22O4. The van der Waals surface area contributed by atoms with Gasteiger partial charge in [0, 0.05) is 6.08 Å². The van der Waals surface area contributed by atoms with Crippen molar-refractivity contribution in [3.63, 3.8) is 0 Å². The average Bonchev–Trinajstić information content (AvgIpc) is 2.62. The Bertz CT molecular complexity index is 722. The first-order chi connectivity index (χ1) is 12.1. The molecule has 0 spiro atoms. The van der Waals surface area contributed by atoms with E-state index in [2.05, 4.69) is 13.5 Å². The van der Waals surface area contributed by atoms with Crippen molar-refractivity contribution in [3.8, 4) is 22.6 Å². The molecule has 1 fully saturated rings. The highest BCUT2D eigenvalue weighted by Crippen LogP contribution is 2.32. The van der Waals surface area contributed by atoms with Gasteiger partial charge in [0.05, 0.1) is 25.2 Å². The molecule has 2 aromatic carbocycles. The Morgan fingerprint density at radius 3 is 2.08 bits per heavy atom.